The van der Waals surface area contributed by atoms with Crippen molar-refractivity contribution in [1.29, 1.82) is 0 Å². The Kier molecular flexibility index (Phi) is 10.2. The fourth-order valence-electron chi connectivity index (χ4n) is 0.736. The molecule has 5 heteroatoms. The lowest BCUT2D eigenvalue weighted by atomic mass is 10.3. The Morgan fingerprint density at radius 1 is 1.47 bits per heavy atom. The highest BCUT2D eigenvalue weighted by Gasteiger charge is 2.08. The Morgan fingerprint density at radius 3 is 2.24 bits per heavy atom. The first-order valence-electron chi connectivity index (χ1n) is 5.47. The third kappa shape index (κ3) is 10.8. The van der Waals surface area contributed by atoms with E-state index in [1.165, 1.54) is 19.9 Å². The highest BCUT2D eigenvalue weighted by Crippen LogP contribution is 2.00. The smallest absolute Gasteiger partial charge is 0.242 e. The van der Waals surface area contributed by atoms with E-state index in [9.17, 15) is 9.18 Å². The summed E-state index contributed by atoms with van der Waals surface area (Å²) in [5.41, 5.74) is 5.99. The molecule has 4 nitrogen and oxygen atoms in total. The van der Waals surface area contributed by atoms with Crippen molar-refractivity contribution in [2.24, 2.45) is 10.7 Å². The van der Waals surface area contributed by atoms with Gasteiger partial charge >= 0.3 is 0 Å². The van der Waals surface area contributed by atoms with Crippen LogP contribution in [0.1, 0.15) is 34.6 Å². The Hall–Kier alpha value is -1.49. The predicted molar refractivity (Wildman–Crippen MR) is 70.3 cm³/mol. The first kappa shape index (κ1) is 17.9. The van der Waals surface area contributed by atoms with Gasteiger partial charge in [-0.3, -0.25) is 4.79 Å². The summed E-state index contributed by atoms with van der Waals surface area (Å²) in [6, 6.07) is -0.673. The molecule has 3 N–H and O–H groups in total. The number of allylic oxidation sites excluding steroid dienone is 2. The maximum atomic E-state index is 12.6. The number of hydrogen-bond acceptors (Lipinski definition) is 3. The third-order valence-electron chi connectivity index (χ3n) is 1.32. The molecule has 98 valence electrons. The van der Waals surface area contributed by atoms with Crippen molar-refractivity contribution in [3.63, 3.8) is 0 Å². The molecule has 0 aromatic rings. The number of nitrogens with one attached hydrogen (secondary N) is 1. The van der Waals surface area contributed by atoms with Crippen LogP contribution in [0.4, 0.5) is 4.39 Å². The summed E-state index contributed by atoms with van der Waals surface area (Å²) in [5.74, 6) is -0.968. The average molecular weight is 243 g/mol. The van der Waals surface area contributed by atoms with Crippen LogP contribution in [0.5, 0.6) is 0 Å². The average Bonchev–Trinajstić information content (AvgIpc) is 2.18. The van der Waals surface area contributed by atoms with Gasteiger partial charge in [-0.15, -0.1) is 0 Å². The number of rotatable bonds is 4. The van der Waals surface area contributed by atoms with Crippen LogP contribution in [0.25, 0.3) is 0 Å². The summed E-state index contributed by atoms with van der Waals surface area (Å²) in [6.45, 7) is 12.0. The molecule has 0 bridgehead atoms. The van der Waals surface area contributed by atoms with E-state index in [0.717, 1.165) is 0 Å². The van der Waals surface area contributed by atoms with Gasteiger partial charge in [0.15, 0.2) is 5.97 Å². The van der Waals surface area contributed by atoms with E-state index in [-0.39, 0.29) is 5.82 Å². The molecule has 0 spiro atoms. The minimum atomic E-state index is -0.673. The van der Waals surface area contributed by atoms with Gasteiger partial charge in [-0.2, -0.15) is 4.39 Å². The SMILES string of the molecule is C=C(C)/C=C(\N=C(/C)F)NC(=O)C(C)N.CC. The Morgan fingerprint density at radius 2 is 1.94 bits per heavy atom. The highest BCUT2D eigenvalue weighted by molar-refractivity contribution is 5.83. The monoisotopic (exact) mass is 243 g/mol. The van der Waals surface area contributed by atoms with Crippen LogP contribution in [0.3, 0.4) is 0 Å². The number of amides is 1. The molecule has 1 unspecified atom stereocenters. The lowest BCUT2D eigenvalue weighted by molar-refractivity contribution is -0.121. The van der Waals surface area contributed by atoms with Gasteiger partial charge in [0.05, 0.1) is 6.04 Å². The van der Waals surface area contributed by atoms with Gasteiger partial charge in [0.1, 0.15) is 5.82 Å². The van der Waals surface area contributed by atoms with E-state index in [1.807, 2.05) is 13.8 Å². The molecule has 1 amide bonds. The third-order valence-corrected chi connectivity index (χ3v) is 1.32. The van der Waals surface area contributed by atoms with Gasteiger partial charge in [-0.25, -0.2) is 4.99 Å². The van der Waals surface area contributed by atoms with Crippen molar-refractivity contribution in [2.45, 2.75) is 40.7 Å². The Bertz CT molecular complexity index is 316. The first-order chi connectivity index (χ1) is 7.82. The van der Waals surface area contributed by atoms with E-state index in [0.29, 0.717) is 5.57 Å². The topological polar surface area (TPSA) is 67.5 Å². The van der Waals surface area contributed by atoms with Crippen LogP contribution in [0.15, 0.2) is 29.0 Å². The minimum Gasteiger partial charge on any atom is -0.320 e. The second-order valence-corrected chi connectivity index (χ2v) is 3.26. The lowest BCUT2D eigenvalue weighted by Gasteiger charge is -2.07. The maximum absolute atomic E-state index is 12.6. The second kappa shape index (κ2) is 9.72. The molecule has 0 aliphatic heterocycles. The van der Waals surface area contributed by atoms with Crippen LogP contribution < -0.4 is 11.1 Å². The molecule has 0 rings (SSSR count). The van der Waals surface area contributed by atoms with E-state index < -0.39 is 17.9 Å². The van der Waals surface area contributed by atoms with Crippen LogP contribution in [0, 0.1) is 0 Å². The zero-order valence-corrected chi connectivity index (χ0v) is 11.2. The lowest BCUT2D eigenvalue weighted by Crippen LogP contribution is -2.37. The molecule has 0 radical (unpaired) electrons. The molecule has 0 saturated carbocycles. The molecular weight excluding hydrogens is 221 g/mol. The van der Waals surface area contributed by atoms with E-state index in [2.05, 4.69) is 16.9 Å². The normalized spacial score (nSPS) is 13.4. The predicted octanol–water partition coefficient (Wildman–Crippen LogP) is 2.28. The van der Waals surface area contributed by atoms with E-state index >= 15 is 0 Å². The van der Waals surface area contributed by atoms with Crippen LogP contribution in [0.2, 0.25) is 0 Å². The van der Waals surface area contributed by atoms with Crippen molar-refractivity contribution >= 4 is 11.9 Å². The Balaban J connectivity index is 0. The number of nitrogens with zero attached hydrogens (tertiary/aromatic N) is 1. The van der Waals surface area contributed by atoms with Crippen molar-refractivity contribution in [1.82, 2.24) is 5.32 Å². The van der Waals surface area contributed by atoms with Gasteiger partial charge in [0.2, 0.25) is 5.91 Å². The summed E-state index contributed by atoms with van der Waals surface area (Å²) < 4.78 is 12.6. The van der Waals surface area contributed by atoms with Gasteiger partial charge in [-0.05, 0) is 19.9 Å². The zero-order chi connectivity index (χ0) is 14.0. The summed E-state index contributed by atoms with van der Waals surface area (Å²) >= 11 is 0. The highest BCUT2D eigenvalue weighted by atomic mass is 19.1. The van der Waals surface area contributed by atoms with Crippen LogP contribution >= 0.6 is 0 Å². The second-order valence-electron chi connectivity index (χ2n) is 3.26. The standard InChI is InChI=1S/C10H16FN3O.C2H6/c1-6(2)5-9(13-8(4)11)14-10(15)7(3)12;1-2/h5,7H,1,12H2,2-4H3,(H,14,15);1-2H3/b9-5+,13-8+;. The van der Waals surface area contributed by atoms with E-state index in [1.54, 1.807) is 6.92 Å². The molecule has 0 aliphatic rings. The fourth-order valence-corrected chi connectivity index (χ4v) is 0.736. The van der Waals surface area contributed by atoms with Crippen LogP contribution in [-0.4, -0.2) is 17.9 Å². The van der Waals surface area contributed by atoms with Crippen molar-refractivity contribution in [2.75, 3.05) is 0 Å². The molecule has 17 heavy (non-hydrogen) atoms. The molecule has 0 aliphatic carbocycles. The summed E-state index contributed by atoms with van der Waals surface area (Å²) in [4.78, 5) is 14.7. The molecule has 0 aromatic carbocycles. The molecule has 0 fully saturated rings. The molecule has 0 aromatic heterocycles. The van der Waals surface area contributed by atoms with Crippen molar-refractivity contribution in [3.05, 3.63) is 24.0 Å². The molecular formula is C12H22FN3O. The number of carbonyl (C=O) groups is 1. The summed E-state index contributed by atoms with van der Waals surface area (Å²) in [7, 11) is 0. The number of hydrogen-bond donors (Lipinski definition) is 2. The van der Waals surface area contributed by atoms with Gasteiger partial charge in [0, 0.05) is 6.92 Å². The summed E-state index contributed by atoms with van der Waals surface area (Å²) in [5, 5.41) is 2.39. The molecule has 1 atom stereocenters. The first-order valence-corrected chi connectivity index (χ1v) is 5.47. The number of carbonyl (C=O) groups excluding carboxylic acids is 1. The molecule has 0 heterocycles. The van der Waals surface area contributed by atoms with Crippen molar-refractivity contribution in [3.8, 4) is 0 Å². The van der Waals surface area contributed by atoms with Gasteiger partial charge in [0.25, 0.3) is 0 Å². The zero-order valence-electron chi connectivity index (χ0n) is 11.2. The fraction of sp³-hybridized carbons (Fsp3) is 0.500. The largest absolute Gasteiger partial charge is 0.320 e. The molecule has 0 saturated heterocycles. The van der Waals surface area contributed by atoms with E-state index in [4.69, 9.17) is 5.73 Å². The number of halogens is 1. The summed E-state index contributed by atoms with van der Waals surface area (Å²) in [6.07, 6.45) is 1.46. The van der Waals surface area contributed by atoms with Crippen molar-refractivity contribution < 1.29 is 9.18 Å². The minimum absolute atomic E-state index is 0.102. The Labute approximate surface area is 102 Å². The number of aliphatic imine (C=N–C) groups is 1. The van der Waals surface area contributed by atoms with Gasteiger partial charge < -0.3 is 11.1 Å². The maximum Gasteiger partial charge on any atom is 0.242 e. The van der Waals surface area contributed by atoms with Gasteiger partial charge in [-0.1, -0.05) is 26.0 Å². The quantitative estimate of drug-likeness (QED) is 0.587. The van der Waals surface area contributed by atoms with Crippen LogP contribution in [-0.2, 0) is 4.79 Å². The number of nitrogens with two attached hydrogens (primary N) is 1.